The zero-order valence-electron chi connectivity index (χ0n) is 17.8. The smallest absolute Gasteiger partial charge is 0.191 e. The number of aliphatic imine (C=N–C) groups is 1. The van der Waals surface area contributed by atoms with Crippen LogP contribution in [0.15, 0.2) is 41.7 Å². The van der Waals surface area contributed by atoms with E-state index in [9.17, 15) is 0 Å². The minimum absolute atomic E-state index is 0. The summed E-state index contributed by atoms with van der Waals surface area (Å²) in [5.41, 5.74) is 2.25. The van der Waals surface area contributed by atoms with Gasteiger partial charge in [0.15, 0.2) is 5.96 Å². The Bertz CT molecular complexity index is 773. The van der Waals surface area contributed by atoms with Crippen molar-refractivity contribution in [2.45, 2.75) is 39.7 Å². The first-order valence-electron chi connectivity index (χ1n) is 10.5. The third-order valence-corrected chi connectivity index (χ3v) is 5.40. The maximum atomic E-state index is 5.83. The van der Waals surface area contributed by atoms with E-state index in [1.54, 1.807) is 0 Å². The average molecular weight is 543 g/mol. The Hall–Kier alpha value is -1.61. The van der Waals surface area contributed by atoms with E-state index >= 15 is 0 Å². The quantitative estimate of drug-likeness (QED) is 0.237. The van der Waals surface area contributed by atoms with Crippen LogP contribution in [0.3, 0.4) is 0 Å². The second-order valence-corrected chi connectivity index (χ2v) is 7.94. The number of hydrogen-bond acceptors (Lipinski definition) is 4. The summed E-state index contributed by atoms with van der Waals surface area (Å²) in [4.78, 5) is 15.8. The van der Waals surface area contributed by atoms with Gasteiger partial charge in [0.25, 0.3) is 0 Å². The number of rotatable bonds is 7. The van der Waals surface area contributed by atoms with Crippen LogP contribution in [0.25, 0.3) is 0 Å². The Labute approximate surface area is 202 Å². The minimum atomic E-state index is 0. The zero-order chi connectivity index (χ0) is 20.5. The van der Waals surface area contributed by atoms with E-state index in [0.717, 1.165) is 61.4 Å². The highest BCUT2D eigenvalue weighted by molar-refractivity contribution is 14.0. The first-order chi connectivity index (χ1) is 14.1. The molecule has 164 valence electrons. The second kappa shape index (κ2) is 12.9. The highest BCUT2D eigenvalue weighted by Gasteiger charge is 2.16. The number of aromatic nitrogens is 2. The van der Waals surface area contributed by atoms with Crippen LogP contribution in [0.4, 0.5) is 5.82 Å². The maximum Gasteiger partial charge on any atom is 0.191 e. The van der Waals surface area contributed by atoms with Gasteiger partial charge in [-0.15, -0.1) is 24.0 Å². The fraction of sp³-hybridized carbons (Fsp3) is 0.500. The second-order valence-electron chi connectivity index (χ2n) is 7.56. The molecule has 2 aromatic heterocycles. The Morgan fingerprint density at radius 2 is 1.83 bits per heavy atom. The summed E-state index contributed by atoms with van der Waals surface area (Å²) in [7, 11) is 0. The molecule has 0 aromatic carbocycles. The van der Waals surface area contributed by atoms with Gasteiger partial charge in [0.05, 0.1) is 6.54 Å². The largest absolute Gasteiger partial charge is 0.357 e. The number of nitrogens with zero attached hydrogens (tertiary/aromatic N) is 4. The third-order valence-electron chi connectivity index (χ3n) is 5.18. The van der Waals surface area contributed by atoms with E-state index in [2.05, 4.69) is 56.5 Å². The molecule has 0 amide bonds. The molecule has 3 heterocycles. The normalized spacial score (nSPS) is 14.9. The van der Waals surface area contributed by atoms with Crippen LogP contribution < -0.4 is 15.5 Å². The molecule has 2 N–H and O–H groups in total. The molecule has 0 radical (unpaired) electrons. The molecule has 1 aliphatic rings. The predicted octanol–water partition coefficient (Wildman–Crippen LogP) is 4.28. The molecule has 2 aromatic rings. The monoisotopic (exact) mass is 542 g/mol. The van der Waals surface area contributed by atoms with Crippen LogP contribution in [0.5, 0.6) is 0 Å². The first-order valence-corrected chi connectivity index (χ1v) is 10.8. The number of halogens is 2. The van der Waals surface area contributed by atoms with Crippen LogP contribution in [0.2, 0.25) is 5.15 Å². The number of piperidine rings is 1. The van der Waals surface area contributed by atoms with Gasteiger partial charge in [0, 0.05) is 38.6 Å². The van der Waals surface area contributed by atoms with Crippen molar-refractivity contribution in [1.29, 1.82) is 0 Å². The van der Waals surface area contributed by atoms with Crippen LogP contribution in [0.1, 0.15) is 37.8 Å². The molecule has 0 aliphatic carbocycles. The number of hydrogen-bond donors (Lipinski definition) is 2. The van der Waals surface area contributed by atoms with Crippen molar-refractivity contribution in [3.8, 4) is 0 Å². The lowest BCUT2D eigenvalue weighted by molar-refractivity contribution is 0.436. The molecule has 0 bridgehead atoms. The van der Waals surface area contributed by atoms with E-state index < -0.39 is 0 Å². The van der Waals surface area contributed by atoms with E-state index in [1.807, 2.05) is 24.5 Å². The summed E-state index contributed by atoms with van der Waals surface area (Å²) in [6, 6.07) is 8.07. The molecule has 0 saturated carbocycles. The van der Waals surface area contributed by atoms with Crippen molar-refractivity contribution >= 4 is 47.4 Å². The summed E-state index contributed by atoms with van der Waals surface area (Å²) in [6.07, 6.45) is 7.11. The zero-order valence-corrected chi connectivity index (χ0v) is 20.9. The molecular weight excluding hydrogens is 511 g/mol. The Morgan fingerprint density at radius 3 is 2.47 bits per heavy atom. The minimum Gasteiger partial charge on any atom is -0.357 e. The van der Waals surface area contributed by atoms with E-state index in [-0.39, 0.29) is 24.0 Å². The number of guanidine groups is 1. The van der Waals surface area contributed by atoms with Gasteiger partial charge in [-0.2, -0.15) is 0 Å². The third kappa shape index (κ3) is 7.91. The summed E-state index contributed by atoms with van der Waals surface area (Å²) in [5, 5.41) is 7.18. The predicted molar refractivity (Wildman–Crippen MR) is 136 cm³/mol. The fourth-order valence-corrected chi connectivity index (χ4v) is 3.44. The van der Waals surface area contributed by atoms with Gasteiger partial charge in [-0.1, -0.05) is 30.7 Å². The fourth-order valence-electron chi connectivity index (χ4n) is 3.33. The Kier molecular flexibility index (Phi) is 10.6. The standard InChI is InChI=1S/C22H31ClN6.HI/c1-3-24-22(25-11-8-18-4-6-20(23)26-14-18)28-16-19-5-7-21(27-15-19)29-12-9-17(2)10-13-29;/h4-7,14-15,17H,3,8-13,16H2,1-2H3,(H2,24,25,28);1H. The Morgan fingerprint density at radius 1 is 1.10 bits per heavy atom. The van der Waals surface area contributed by atoms with Crippen molar-refractivity contribution in [3.63, 3.8) is 0 Å². The molecule has 0 unspecified atom stereocenters. The summed E-state index contributed by atoms with van der Waals surface area (Å²) in [6.45, 7) is 8.79. The van der Waals surface area contributed by atoms with Crippen molar-refractivity contribution in [3.05, 3.63) is 52.9 Å². The highest BCUT2D eigenvalue weighted by Crippen LogP contribution is 2.21. The molecule has 3 rings (SSSR count). The number of pyridine rings is 2. The molecule has 6 nitrogen and oxygen atoms in total. The van der Waals surface area contributed by atoms with Gasteiger partial charge < -0.3 is 15.5 Å². The summed E-state index contributed by atoms with van der Waals surface area (Å²) < 4.78 is 0. The van der Waals surface area contributed by atoms with Crippen molar-refractivity contribution < 1.29 is 0 Å². The maximum absolute atomic E-state index is 5.83. The lowest BCUT2D eigenvalue weighted by atomic mass is 9.99. The van der Waals surface area contributed by atoms with E-state index in [4.69, 9.17) is 11.6 Å². The number of nitrogens with one attached hydrogen (secondary N) is 2. The van der Waals surface area contributed by atoms with Gasteiger partial charge in [0.1, 0.15) is 11.0 Å². The van der Waals surface area contributed by atoms with Gasteiger partial charge in [-0.25, -0.2) is 15.0 Å². The van der Waals surface area contributed by atoms with Gasteiger partial charge >= 0.3 is 0 Å². The molecule has 1 aliphatic heterocycles. The van der Waals surface area contributed by atoms with Crippen molar-refractivity contribution in [1.82, 2.24) is 20.6 Å². The van der Waals surface area contributed by atoms with Crippen molar-refractivity contribution in [2.24, 2.45) is 10.9 Å². The number of anilines is 1. The highest BCUT2D eigenvalue weighted by atomic mass is 127. The molecular formula is C22H32ClIN6. The van der Waals surface area contributed by atoms with Crippen LogP contribution in [-0.2, 0) is 13.0 Å². The van der Waals surface area contributed by atoms with Gasteiger partial charge in [-0.05, 0) is 55.4 Å². The van der Waals surface area contributed by atoms with Crippen LogP contribution in [0, 0.1) is 5.92 Å². The molecule has 1 saturated heterocycles. The summed E-state index contributed by atoms with van der Waals surface area (Å²) in [5.74, 6) is 2.71. The SMILES string of the molecule is CCNC(=NCc1ccc(N2CCC(C)CC2)nc1)NCCc1ccc(Cl)nc1.I. The molecule has 1 fully saturated rings. The topological polar surface area (TPSA) is 65.4 Å². The molecule has 0 atom stereocenters. The molecule has 30 heavy (non-hydrogen) atoms. The lowest BCUT2D eigenvalue weighted by Gasteiger charge is -2.31. The average Bonchev–Trinajstić information content (AvgIpc) is 2.74. The van der Waals surface area contributed by atoms with Crippen molar-refractivity contribution in [2.75, 3.05) is 31.1 Å². The summed E-state index contributed by atoms with van der Waals surface area (Å²) >= 11 is 5.83. The van der Waals surface area contributed by atoms with Crippen LogP contribution >= 0.6 is 35.6 Å². The van der Waals surface area contributed by atoms with E-state index in [1.165, 1.54) is 12.8 Å². The molecule has 0 spiro atoms. The first kappa shape index (κ1) is 24.7. The van der Waals surface area contributed by atoms with Gasteiger partial charge in [0.2, 0.25) is 0 Å². The van der Waals surface area contributed by atoms with E-state index in [0.29, 0.717) is 11.7 Å². The Balaban J connectivity index is 0.00000320. The molecule has 8 heteroatoms. The van der Waals surface area contributed by atoms with Crippen LogP contribution in [-0.4, -0.2) is 42.1 Å². The lowest BCUT2D eigenvalue weighted by Crippen LogP contribution is -2.38. The van der Waals surface area contributed by atoms with Gasteiger partial charge in [-0.3, -0.25) is 0 Å².